The molecule has 0 amide bonds. The number of hydrogen-bond acceptors (Lipinski definition) is 1. The van der Waals surface area contributed by atoms with Crippen molar-refractivity contribution in [3.05, 3.63) is 12.7 Å². The van der Waals surface area contributed by atoms with Crippen LogP contribution in [0.3, 0.4) is 0 Å². The predicted octanol–water partition coefficient (Wildman–Crippen LogP) is 3.36. The lowest BCUT2D eigenvalue weighted by Gasteiger charge is -2.15. The molecule has 1 fully saturated rings. The molecule has 76 valence electrons. The molecule has 1 aliphatic rings. The molecule has 0 radical (unpaired) electrons. The summed E-state index contributed by atoms with van der Waals surface area (Å²) in [6.45, 7) is 3.82. The maximum absolute atomic E-state index is 12.8. The summed E-state index contributed by atoms with van der Waals surface area (Å²) in [7, 11) is 0. The van der Waals surface area contributed by atoms with E-state index in [2.05, 4.69) is 11.3 Å². The molecular formula is C10H16F2O. The summed E-state index contributed by atoms with van der Waals surface area (Å²) >= 11 is 0. The van der Waals surface area contributed by atoms with Gasteiger partial charge < -0.3 is 4.74 Å². The Morgan fingerprint density at radius 2 is 2.08 bits per heavy atom. The second kappa shape index (κ2) is 4.70. The Bertz CT molecular complexity index is 168. The van der Waals surface area contributed by atoms with E-state index in [0.717, 1.165) is 12.8 Å². The van der Waals surface area contributed by atoms with Crippen LogP contribution in [-0.4, -0.2) is 12.7 Å². The quantitative estimate of drug-likeness (QED) is 0.576. The third-order valence-electron chi connectivity index (χ3n) is 2.43. The first-order valence-corrected chi connectivity index (χ1v) is 4.78. The molecule has 1 aliphatic heterocycles. The van der Waals surface area contributed by atoms with Crippen LogP contribution in [0.2, 0.25) is 0 Å². The summed E-state index contributed by atoms with van der Waals surface area (Å²) in [5, 5.41) is 0. The van der Waals surface area contributed by atoms with Gasteiger partial charge in [-0.3, -0.25) is 0 Å². The zero-order valence-electron chi connectivity index (χ0n) is 7.77. The molecule has 1 rings (SSSR count). The van der Waals surface area contributed by atoms with Crippen molar-refractivity contribution in [2.75, 3.05) is 6.61 Å². The van der Waals surface area contributed by atoms with Gasteiger partial charge in [-0.05, 0) is 25.2 Å². The van der Waals surface area contributed by atoms with Gasteiger partial charge in [0, 0.05) is 6.42 Å². The van der Waals surface area contributed by atoms with Crippen LogP contribution in [-0.2, 0) is 4.74 Å². The average Bonchev–Trinajstić information content (AvgIpc) is 2.15. The summed E-state index contributed by atoms with van der Waals surface area (Å²) < 4.78 is 30.1. The van der Waals surface area contributed by atoms with Crippen molar-refractivity contribution in [2.24, 2.45) is 5.92 Å². The van der Waals surface area contributed by atoms with Gasteiger partial charge in [-0.25, -0.2) is 0 Å². The number of rotatable bonds is 1. The van der Waals surface area contributed by atoms with E-state index in [9.17, 15) is 8.78 Å². The molecule has 0 aromatic carbocycles. The Labute approximate surface area is 77.8 Å². The molecule has 1 unspecified atom stereocenters. The summed E-state index contributed by atoms with van der Waals surface area (Å²) in [6, 6.07) is 0. The predicted molar refractivity (Wildman–Crippen MR) is 47.7 cm³/mol. The zero-order chi connectivity index (χ0) is 9.73. The van der Waals surface area contributed by atoms with Gasteiger partial charge in [0.1, 0.15) is 0 Å². The molecule has 1 heterocycles. The summed E-state index contributed by atoms with van der Waals surface area (Å²) in [5.74, 6) is 0.342. The average molecular weight is 190 g/mol. The third kappa shape index (κ3) is 3.85. The zero-order valence-corrected chi connectivity index (χ0v) is 7.77. The Morgan fingerprint density at radius 3 is 2.77 bits per heavy atom. The van der Waals surface area contributed by atoms with Crippen molar-refractivity contribution in [3.63, 3.8) is 0 Å². The fourth-order valence-corrected chi connectivity index (χ4v) is 1.55. The number of alkyl halides is 2. The maximum Gasteiger partial charge on any atom is 0.355 e. The standard InChI is InChI=1S/C10H16F2O/c1-2-9-5-3-4-7-10(11,12)13-8-6-9/h2,9H,1,3-8H2. The largest absolute Gasteiger partial charge is 0.355 e. The highest BCUT2D eigenvalue weighted by Gasteiger charge is 2.30. The summed E-state index contributed by atoms with van der Waals surface area (Å²) in [4.78, 5) is 0. The summed E-state index contributed by atoms with van der Waals surface area (Å²) in [6.07, 6.45) is 1.80. The highest BCUT2D eigenvalue weighted by Crippen LogP contribution is 2.27. The number of allylic oxidation sites excluding steroid dienone is 1. The monoisotopic (exact) mass is 190 g/mol. The van der Waals surface area contributed by atoms with E-state index in [-0.39, 0.29) is 13.0 Å². The second-order valence-corrected chi connectivity index (χ2v) is 3.52. The fourth-order valence-electron chi connectivity index (χ4n) is 1.55. The van der Waals surface area contributed by atoms with Gasteiger partial charge in [0.2, 0.25) is 0 Å². The maximum atomic E-state index is 12.8. The van der Waals surface area contributed by atoms with Gasteiger partial charge in [-0.1, -0.05) is 12.5 Å². The topological polar surface area (TPSA) is 9.23 Å². The molecule has 1 nitrogen and oxygen atoms in total. The van der Waals surface area contributed by atoms with Crippen LogP contribution in [0.1, 0.15) is 32.1 Å². The number of hydrogen-bond donors (Lipinski definition) is 0. The fraction of sp³-hybridized carbons (Fsp3) is 0.800. The number of ether oxygens (including phenoxy) is 1. The first-order chi connectivity index (χ1) is 6.14. The van der Waals surface area contributed by atoms with E-state index in [1.807, 2.05) is 6.08 Å². The van der Waals surface area contributed by atoms with Crippen molar-refractivity contribution < 1.29 is 13.5 Å². The molecule has 1 atom stereocenters. The van der Waals surface area contributed by atoms with Crippen LogP contribution >= 0.6 is 0 Å². The van der Waals surface area contributed by atoms with Crippen LogP contribution in [0.4, 0.5) is 8.78 Å². The smallest absolute Gasteiger partial charge is 0.320 e. The molecule has 3 heteroatoms. The highest BCUT2D eigenvalue weighted by atomic mass is 19.3. The van der Waals surface area contributed by atoms with Crippen molar-refractivity contribution in [3.8, 4) is 0 Å². The first-order valence-electron chi connectivity index (χ1n) is 4.78. The van der Waals surface area contributed by atoms with E-state index >= 15 is 0 Å². The minimum absolute atomic E-state index is 0.142. The van der Waals surface area contributed by atoms with E-state index in [1.54, 1.807) is 0 Å². The van der Waals surface area contributed by atoms with Crippen LogP contribution in [0.15, 0.2) is 12.7 Å². The van der Waals surface area contributed by atoms with Crippen molar-refractivity contribution in [2.45, 2.75) is 38.2 Å². The van der Waals surface area contributed by atoms with Gasteiger partial charge in [0.05, 0.1) is 6.61 Å². The van der Waals surface area contributed by atoms with Crippen LogP contribution < -0.4 is 0 Å². The van der Waals surface area contributed by atoms with E-state index in [1.165, 1.54) is 0 Å². The minimum Gasteiger partial charge on any atom is -0.320 e. The molecule has 1 saturated heterocycles. The lowest BCUT2D eigenvalue weighted by molar-refractivity contribution is -0.242. The second-order valence-electron chi connectivity index (χ2n) is 3.52. The minimum atomic E-state index is -2.91. The molecular weight excluding hydrogens is 174 g/mol. The highest BCUT2D eigenvalue weighted by molar-refractivity contribution is 4.79. The van der Waals surface area contributed by atoms with Crippen LogP contribution in [0.5, 0.6) is 0 Å². The van der Waals surface area contributed by atoms with Crippen LogP contribution in [0.25, 0.3) is 0 Å². The SMILES string of the molecule is C=CC1CCCCC(F)(F)OCC1. The molecule has 13 heavy (non-hydrogen) atoms. The van der Waals surface area contributed by atoms with Gasteiger partial charge in [-0.15, -0.1) is 6.58 Å². The molecule has 0 saturated carbocycles. The Morgan fingerprint density at radius 1 is 1.31 bits per heavy atom. The molecule has 0 spiro atoms. The van der Waals surface area contributed by atoms with E-state index in [0.29, 0.717) is 18.8 Å². The lowest BCUT2D eigenvalue weighted by atomic mass is 9.99. The van der Waals surface area contributed by atoms with Crippen molar-refractivity contribution in [1.29, 1.82) is 0 Å². The van der Waals surface area contributed by atoms with Gasteiger partial charge in [0.25, 0.3) is 0 Å². The van der Waals surface area contributed by atoms with Gasteiger partial charge in [0.15, 0.2) is 0 Å². The molecule has 0 bridgehead atoms. The van der Waals surface area contributed by atoms with Gasteiger partial charge >= 0.3 is 6.11 Å². The summed E-state index contributed by atoms with van der Waals surface area (Å²) in [5.41, 5.74) is 0. The molecule has 0 aromatic rings. The molecule has 0 aliphatic carbocycles. The Balaban J connectivity index is 2.42. The van der Waals surface area contributed by atoms with E-state index in [4.69, 9.17) is 0 Å². The van der Waals surface area contributed by atoms with E-state index < -0.39 is 6.11 Å². The van der Waals surface area contributed by atoms with Crippen molar-refractivity contribution in [1.82, 2.24) is 0 Å². The van der Waals surface area contributed by atoms with Gasteiger partial charge in [-0.2, -0.15) is 8.78 Å². The van der Waals surface area contributed by atoms with Crippen molar-refractivity contribution >= 4 is 0 Å². The Hall–Kier alpha value is -0.440. The molecule has 0 N–H and O–H groups in total. The first kappa shape index (κ1) is 10.6. The third-order valence-corrected chi connectivity index (χ3v) is 2.43. The molecule has 0 aromatic heterocycles. The van der Waals surface area contributed by atoms with Crippen LogP contribution in [0, 0.1) is 5.92 Å². The lowest BCUT2D eigenvalue weighted by Crippen LogP contribution is -2.21. The Kier molecular flexibility index (Phi) is 3.85. The number of halogens is 2. The normalized spacial score (nSPS) is 29.8.